The van der Waals surface area contributed by atoms with Crippen LogP contribution in [0.5, 0.6) is 0 Å². The molecular weight excluding hydrogens is 336 g/mol. The number of para-hydroxylation sites is 1. The van der Waals surface area contributed by atoms with E-state index in [4.69, 9.17) is 0 Å². The van der Waals surface area contributed by atoms with E-state index in [1.165, 1.54) is 12.1 Å². The third-order valence-electron chi connectivity index (χ3n) is 3.27. The molecule has 0 fully saturated rings. The van der Waals surface area contributed by atoms with Gasteiger partial charge in [0.15, 0.2) is 17.5 Å². The van der Waals surface area contributed by atoms with Crippen molar-refractivity contribution < 1.29 is 17.6 Å². The Morgan fingerprint density at radius 3 is 2.28 bits per heavy atom. The minimum atomic E-state index is -1.60. The summed E-state index contributed by atoms with van der Waals surface area (Å²) in [6.45, 7) is 1.65. The van der Waals surface area contributed by atoms with E-state index >= 15 is 0 Å². The first-order valence-corrected chi connectivity index (χ1v) is 7.22. The first-order chi connectivity index (χ1) is 11.9. The summed E-state index contributed by atoms with van der Waals surface area (Å²) in [5, 5.41) is 5.26. The molecule has 0 spiro atoms. The molecule has 0 saturated heterocycles. The van der Waals surface area contributed by atoms with Gasteiger partial charge in [0, 0.05) is 11.8 Å². The van der Waals surface area contributed by atoms with Crippen LogP contribution in [-0.4, -0.2) is 9.97 Å². The lowest BCUT2D eigenvalue weighted by Gasteiger charge is -2.11. The summed E-state index contributed by atoms with van der Waals surface area (Å²) in [5.74, 6) is -4.54. The maximum absolute atomic E-state index is 13.8. The fourth-order valence-corrected chi connectivity index (χ4v) is 2.13. The van der Waals surface area contributed by atoms with Gasteiger partial charge in [-0.15, -0.1) is 0 Å². The molecule has 1 aromatic heterocycles. The van der Waals surface area contributed by atoms with Crippen molar-refractivity contribution in [2.24, 2.45) is 0 Å². The molecule has 2 aromatic carbocycles. The van der Waals surface area contributed by atoms with E-state index in [1.54, 1.807) is 25.1 Å². The van der Waals surface area contributed by atoms with Crippen LogP contribution in [0.2, 0.25) is 0 Å². The molecule has 0 amide bonds. The predicted octanol–water partition coefficient (Wildman–Crippen LogP) is 4.83. The molecular formula is C17H12F4N4. The number of halogens is 4. The monoisotopic (exact) mass is 348 g/mol. The second-order valence-corrected chi connectivity index (χ2v) is 5.17. The summed E-state index contributed by atoms with van der Waals surface area (Å²) in [6.07, 6.45) is 0. The van der Waals surface area contributed by atoms with Crippen molar-refractivity contribution >= 4 is 23.1 Å². The van der Waals surface area contributed by atoms with Crippen LogP contribution in [0.3, 0.4) is 0 Å². The molecule has 0 unspecified atom stereocenters. The molecule has 0 bridgehead atoms. The Balaban J connectivity index is 1.90. The van der Waals surface area contributed by atoms with E-state index in [0.29, 0.717) is 5.69 Å². The molecule has 0 saturated carbocycles. The highest BCUT2D eigenvalue weighted by molar-refractivity contribution is 5.60. The van der Waals surface area contributed by atoms with Crippen LogP contribution in [0.4, 0.5) is 40.7 Å². The number of rotatable bonds is 4. The number of hydrogen-bond acceptors (Lipinski definition) is 4. The van der Waals surface area contributed by atoms with Crippen LogP contribution in [0.15, 0.2) is 42.5 Å². The van der Waals surface area contributed by atoms with Gasteiger partial charge in [-0.25, -0.2) is 22.5 Å². The van der Waals surface area contributed by atoms with Crippen LogP contribution in [-0.2, 0) is 0 Å². The zero-order valence-electron chi connectivity index (χ0n) is 12.9. The number of nitrogens with zero attached hydrogens (tertiary/aromatic N) is 2. The van der Waals surface area contributed by atoms with Gasteiger partial charge in [-0.2, -0.15) is 4.98 Å². The minimum Gasteiger partial charge on any atom is -0.338 e. The van der Waals surface area contributed by atoms with Gasteiger partial charge in [0.05, 0.1) is 11.4 Å². The Labute approximate surface area is 140 Å². The van der Waals surface area contributed by atoms with Crippen molar-refractivity contribution in [1.29, 1.82) is 0 Å². The molecule has 0 radical (unpaired) electrons. The molecule has 2 N–H and O–H groups in total. The van der Waals surface area contributed by atoms with Crippen molar-refractivity contribution in [3.05, 3.63) is 71.4 Å². The van der Waals surface area contributed by atoms with Crippen molar-refractivity contribution in [1.82, 2.24) is 9.97 Å². The summed E-state index contributed by atoms with van der Waals surface area (Å²) in [7, 11) is 0. The molecule has 25 heavy (non-hydrogen) atoms. The molecule has 0 aliphatic rings. The molecule has 8 heteroatoms. The molecule has 0 aliphatic heterocycles. The first-order valence-electron chi connectivity index (χ1n) is 7.22. The molecule has 0 atom stereocenters. The van der Waals surface area contributed by atoms with Crippen LogP contribution in [0.25, 0.3) is 0 Å². The van der Waals surface area contributed by atoms with Gasteiger partial charge < -0.3 is 10.6 Å². The van der Waals surface area contributed by atoms with Gasteiger partial charge in [-0.1, -0.05) is 12.1 Å². The summed E-state index contributed by atoms with van der Waals surface area (Å²) >= 11 is 0. The Bertz CT molecular complexity index is 931. The smallest absolute Gasteiger partial charge is 0.229 e. The average molecular weight is 348 g/mol. The second kappa shape index (κ2) is 6.76. The standard InChI is InChI=1S/C17H12F4N4/c1-9-8-14(23-12-5-3-2-4-10(12)18)25-17(22-9)24-13-7-6-11(19)15(20)16(13)21/h2-8H,1H3,(H2,22,23,24,25). The third kappa shape index (κ3) is 3.68. The Kier molecular flexibility index (Phi) is 4.51. The number of anilines is 4. The second-order valence-electron chi connectivity index (χ2n) is 5.17. The Morgan fingerprint density at radius 1 is 0.760 bits per heavy atom. The lowest BCUT2D eigenvalue weighted by atomic mass is 10.3. The summed E-state index contributed by atoms with van der Waals surface area (Å²) in [6, 6.07) is 9.37. The van der Waals surface area contributed by atoms with Gasteiger partial charge in [0.25, 0.3) is 0 Å². The van der Waals surface area contributed by atoms with Gasteiger partial charge in [-0.05, 0) is 31.2 Å². The maximum Gasteiger partial charge on any atom is 0.229 e. The van der Waals surface area contributed by atoms with Crippen LogP contribution in [0, 0.1) is 30.2 Å². The van der Waals surface area contributed by atoms with E-state index in [9.17, 15) is 17.6 Å². The van der Waals surface area contributed by atoms with Gasteiger partial charge >= 0.3 is 0 Å². The first kappa shape index (κ1) is 16.7. The summed E-state index contributed by atoms with van der Waals surface area (Å²) in [5.41, 5.74) is 0.381. The number of aromatic nitrogens is 2. The fourth-order valence-electron chi connectivity index (χ4n) is 2.13. The number of nitrogens with one attached hydrogen (secondary N) is 2. The van der Waals surface area contributed by atoms with E-state index in [-0.39, 0.29) is 23.1 Å². The highest BCUT2D eigenvalue weighted by Crippen LogP contribution is 2.24. The van der Waals surface area contributed by atoms with Gasteiger partial charge in [-0.3, -0.25) is 0 Å². The van der Waals surface area contributed by atoms with Crippen molar-refractivity contribution in [2.45, 2.75) is 6.92 Å². The highest BCUT2D eigenvalue weighted by Gasteiger charge is 2.14. The van der Waals surface area contributed by atoms with Crippen LogP contribution < -0.4 is 10.6 Å². The lowest BCUT2D eigenvalue weighted by Crippen LogP contribution is -2.05. The van der Waals surface area contributed by atoms with Crippen molar-refractivity contribution in [3.63, 3.8) is 0 Å². The number of hydrogen-bond donors (Lipinski definition) is 2. The van der Waals surface area contributed by atoms with Gasteiger partial charge in [0.1, 0.15) is 11.6 Å². The zero-order valence-corrected chi connectivity index (χ0v) is 12.9. The Hall–Kier alpha value is -3.16. The van der Waals surface area contributed by atoms with Gasteiger partial charge in [0.2, 0.25) is 5.95 Å². The van der Waals surface area contributed by atoms with Crippen molar-refractivity contribution in [3.8, 4) is 0 Å². The lowest BCUT2D eigenvalue weighted by molar-refractivity contribution is 0.449. The zero-order chi connectivity index (χ0) is 18.0. The topological polar surface area (TPSA) is 49.8 Å². The molecule has 0 aliphatic carbocycles. The number of aryl methyl sites for hydroxylation is 1. The van der Waals surface area contributed by atoms with Crippen molar-refractivity contribution in [2.75, 3.05) is 10.6 Å². The van der Waals surface area contributed by atoms with E-state index in [0.717, 1.165) is 12.1 Å². The largest absolute Gasteiger partial charge is 0.338 e. The SMILES string of the molecule is Cc1cc(Nc2ccccc2F)nc(Nc2ccc(F)c(F)c2F)n1. The molecule has 4 nitrogen and oxygen atoms in total. The summed E-state index contributed by atoms with van der Waals surface area (Å²) < 4.78 is 53.7. The summed E-state index contributed by atoms with van der Waals surface area (Å²) in [4.78, 5) is 8.12. The van der Waals surface area contributed by atoms with Crippen LogP contribution >= 0.6 is 0 Å². The fraction of sp³-hybridized carbons (Fsp3) is 0.0588. The quantitative estimate of drug-likeness (QED) is 0.524. The molecule has 3 rings (SSSR count). The average Bonchev–Trinajstić information content (AvgIpc) is 2.57. The predicted molar refractivity (Wildman–Crippen MR) is 86.1 cm³/mol. The molecule has 3 aromatic rings. The molecule has 128 valence electrons. The van der Waals surface area contributed by atoms with E-state index < -0.39 is 23.3 Å². The number of benzene rings is 2. The normalized spacial score (nSPS) is 10.6. The highest BCUT2D eigenvalue weighted by atomic mass is 19.2. The Morgan fingerprint density at radius 2 is 1.52 bits per heavy atom. The van der Waals surface area contributed by atoms with Crippen LogP contribution in [0.1, 0.15) is 5.69 Å². The van der Waals surface area contributed by atoms with E-state index in [1.807, 2.05) is 0 Å². The third-order valence-corrected chi connectivity index (χ3v) is 3.27. The maximum atomic E-state index is 13.8. The van der Waals surface area contributed by atoms with E-state index in [2.05, 4.69) is 20.6 Å². The molecule has 1 heterocycles. The minimum absolute atomic E-state index is 0.0521.